The van der Waals surface area contributed by atoms with E-state index in [9.17, 15) is 4.79 Å². The highest BCUT2D eigenvalue weighted by Crippen LogP contribution is 2.17. The summed E-state index contributed by atoms with van der Waals surface area (Å²) in [6.45, 7) is 4.28. The molecule has 22 heavy (non-hydrogen) atoms. The number of likely N-dealkylation sites (N-methyl/N-ethyl adjacent to an activating group) is 1. The molecule has 1 aromatic rings. The number of aliphatic hydroxyl groups is 1. The highest BCUT2D eigenvalue weighted by atomic mass is 16.5. The minimum Gasteiger partial charge on any atom is -0.491 e. The molecular formula is C16H25N3O3. The van der Waals surface area contributed by atoms with Gasteiger partial charge in [0.2, 0.25) is 5.91 Å². The van der Waals surface area contributed by atoms with Gasteiger partial charge in [0.1, 0.15) is 12.4 Å². The zero-order chi connectivity index (χ0) is 15.9. The van der Waals surface area contributed by atoms with Gasteiger partial charge in [-0.25, -0.2) is 0 Å². The second-order valence-corrected chi connectivity index (χ2v) is 5.82. The largest absolute Gasteiger partial charge is 0.491 e. The van der Waals surface area contributed by atoms with Crippen LogP contribution < -0.4 is 10.5 Å². The molecule has 1 aliphatic heterocycles. The Labute approximate surface area is 131 Å². The number of amides is 1. The molecular weight excluding hydrogens is 282 g/mol. The maximum atomic E-state index is 11.5. The standard InChI is InChI=1S/C16H25N3O3/c1-18-5-6-19(12-14(11-18)16(17)21)10-13-3-2-4-15(9-13)22-8-7-20/h2-4,9,14,20H,5-8,10-12H2,1H3,(H2,17,21)/t14-/m0/s1. The average molecular weight is 307 g/mol. The Morgan fingerprint density at radius 2 is 2.23 bits per heavy atom. The molecule has 1 atom stereocenters. The monoisotopic (exact) mass is 307 g/mol. The Morgan fingerprint density at radius 1 is 1.41 bits per heavy atom. The van der Waals surface area contributed by atoms with Gasteiger partial charge >= 0.3 is 0 Å². The van der Waals surface area contributed by atoms with Crippen molar-refractivity contribution in [3.8, 4) is 5.75 Å². The fraction of sp³-hybridized carbons (Fsp3) is 0.562. The molecule has 0 bridgehead atoms. The van der Waals surface area contributed by atoms with Gasteiger partial charge in [0, 0.05) is 32.7 Å². The first-order chi connectivity index (χ1) is 10.6. The lowest BCUT2D eigenvalue weighted by Gasteiger charge is -2.22. The van der Waals surface area contributed by atoms with Gasteiger partial charge in [0.15, 0.2) is 0 Å². The van der Waals surface area contributed by atoms with Crippen molar-refractivity contribution >= 4 is 5.91 Å². The van der Waals surface area contributed by atoms with Gasteiger partial charge in [-0.1, -0.05) is 12.1 Å². The number of nitrogens with two attached hydrogens (primary N) is 1. The summed E-state index contributed by atoms with van der Waals surface area (Å²) >= 11 is 0. The zero-order valence-corrected chi connectivity index (χ0v) is 13.1. The SMILES string of the molecule is CN1CCN(Cc2cccc(OCCO)c2)C[C@@H](C(N)=O)C1. The molecule has 6 heteroatoms. The normalized spacial score (nSPS) is 20.5. The fourth-order valence-electron chi connectivity index (χ4n) is 2.72. The Balaban J connectivity index is 2.00. The Bertz CT molecular complexity index is 495. The van der Waals surface area contributed by atoms with Crippen LogP contribution in [-0.2, 0) is 11.3 Å². The maximum Gasteiger partial charge on any atom is 0.223 e. The molecule has 0 unspecified atom stereocenters. The maximum absolute atomic E-state index is 11.5. The van der Waals surface area contributed by atoms with Crippen molar-refractivity contribution in [2.24, 2.45) is 11.7 Å². The van der Waals surface area contributed by atoms with Gasteiger partial charge < -0.3 is 20.5 Å². The van der Waals surface area contributed by atoms with Crippen molar-refractivity contribution in [3.05, 3.63) is 29.8 Å². The number of rotatable bonds is 6. The summed E-state index contributed by atoms with van der Waals surface area (Å²) in [5.74, 6) is 0.380. The molecule has 1 saturated heterocycles. The molecule has 0 radical (unpaired) electrons. The highest BCUT2D eigenvalue weighted by molar-refractivity contribution is 5.77. The van der Waals surface area contributed by atoms with Crippen molar-refractivity contribution in [1.29, 1.82) is 0 Å². The van der Waals surface area contributed by atoms with Crippen LogP contribution in [0.5, 0.6) is 5.75 Å². The van der Waals surface area contributed by atoms with Crippen LogP contribution in [0.2, 0.25) is 0 Å². The van der Waals surface area contributed by atoms with Crippen LogP contribution in [0.15, 0.2) is 24.3 Å². The third kappa shape index (κ3) is 4.98. The van der Waals surface area contributed by atoms with E-state index in [1.807, 2.05) is 31.3 Å². The molecule has 1 aliphatic rings. The number of primary amides is 1. The molecule has 6 nitrogen and oxygen atoms in total. The first-order valence-electron chi connectivity index (χ1n) is 7.61. The van der Waals surface area contributed by atoms with E-state index in [1.54, 1.807) is 0 Å². The van der Waals surface area contributed by atoms with Crippen LogP contribution in [0, 0.1) is 5.92 Å². The van der Waals surface area contributed by atoms with Crippen LogP contribution in [0.3, 0.4) is 0 Å². The molecule has 0 aliphatic carbocycles. The number of aliphatic hydroxyl groups excluding tert-OH is 1. The molecule has 0 spiro atoms. The first kappa shape index (κ1) is 16.7. The van der Waals surface area contributed by atoms with E-state index in [4.69, 9.17) is 15.6 Å². The Morgan fingerprint density at radius 3 is 2.95 bits per heavy atom. The molecule has 3 N–H and O–H groups in total. The van der Waals surface area contributed by atoms with Crippen LogP contribution in [0.25, 0.3) is 0 Å². The van der Waals surface area contributed by atoms with Gasteiger partial charge in [0.25, 0.3) is 0 Å². The second kappa shape index (κ2) is 8.12. The summed E-state index contributed by atoms with van der Waals surface area (Å²) in [6, 6.07) is 7.84. The summed E-state index contributed by atoms with van der Waals surface area (Å²) in [7, 11) is 2.02. The molecule has 1 heterocycles. The quantitative estimate of drug-likeness (QED) is 0.768. The number of hydrogen-bond donors (Lipinski definition) is 2. The van der Waals surface area contributed by atoms with E-state index in [0.29, 0.717) is 19.7 Å². The molecule has 1 amide bonds. The molecule has 122 valence electrons. The van der Waals surface area contributed by atoms with Gasteiger partial charge in [-0.15, -0.1) is 0 Å². The van der Waals surface area contributed by atoms with Crippen molar-refractivity contribution in [2.75, 3.05) is 46.4 Å². The summed E-state index contributed by atoms with van der Waals surface area (Å²) in [4.78, 5) is 16.0. The van der Waals surface area contributed by atoms with Crippen molar-refractivity contribution in [3.63, 3.8) is 0 Å². The summed E-state index contributed by atoms with van der Waals surface area (Å²) < 4.78 is 5.44. The number of nitrogens with zero attached hydrogens (tertiary/aromatic N) is 2. The Kier molecular flexibility index (Phi) is 6.18. The number of benzene rings is 1. The number of carbonyl (C=O) groups excluding carboxylic acids is 1. The topological polar surface area (TPSA) is 79.0 Å². The van der Waals surface area contributed by atoms with Crippen LogP contribution >= 0.6 is 0 Å². The lowest BCUT2D eigenvalue weighted by atomic mass is 10.1. The van der Waals surface area contributed by atoms with E-state index < -0.39 is 0 Å². The molecule has 0 saturated carbocycles. The van der Waals surface area contributed by atoms with E-state index in [-0.39, 0.29) is 18.4 Å². The van der Waals surface area contributed by atoms with Crippen LogP contribution in [0.4, 0.5) is 0 Å². The zero-order valence-electron chi connectivity index (χ0n) is 13.1. The summed E-state index contributed by atoms with van der Waals surface area (Å²) in [5.41, 5.74) is 6.63. The van der Waals surface area contributed by atoms with Gasteiger partial charge in [0.05, 0.1) is 12.5 Å². The van der Waals surface area contributed by atoms with E-state index in [1.165, 1.54) is 0 Å². The van der Waals surface area contributed by atoms with Gasteiger partial charge in [-0.05, 0) is 24.7 Å². The fourth-order valence-corrected chi connectivity index (χ4v) is 2.72. The molecule has 1 aromatic carbocycles. The van der Waals surface area contributed by atoms with Crippen LogP contribution in [0.1, 0.15) is 5.56 Å². The summed E-state index contributed by atoms with van der Waals surface area (Å²) in [5, 5.41) is 8.81. The summed E-state index contributed by atoms with van der Waals surface area (Å²) in [6.07, 6.45) is 0. The number of ether oxygens (including phenoxy) is 1. The number of hydrogen-bond acceptors (Lipinski definition) is 5. The van der Waals surface area contributed by atoms with Gasteiger partial charge in [-0.2, -0.15) is 0 Å². The van der Waals surface area contributed by atoms with E-state index >= 15 is 0 Å². The Hall–Kier alpha value is -1.63. The molecule has 2 rings (SSSR count). The van der Waals surface area contributed by atoms with Gasteiger partial charge in [-0.3, -0.25) is 9.69 Å². The first-order valence-corrected chi connectivity index (χ1v) is 7.61. The van der Waals surface area contributed by atoms with E-state index in [0.717, 1.165) is 30.9 Å². The minimum atomic E-state index is -0.237. The van der Waals surface area contributed by atoms with Crippen molar-refractivity contribution in [1.82, 2.24) is 9.80 Å². The highest BCUT2D eigenvalue weighted by Gasteiger charge is 2.24. The molecule has 0 aromatic heterocycles. The lowest BCUT2D eigenvalue weighted by Crippen LogP contribution is -2.37. The average Bonchev–Trinajstić information content (AvgIpc) is 2.68. The number of carbonyl (C=O) groups is 1. The second-order valence-electron chi connectivity index (χ2n) is 5.82. The van der Waals surface area contributed by atoms with Crippen LogP contribution in [-0.4, -0.2) is 67.3 Å². The predicted octanol–water partition coefficient (Wildman–Crippen LogP) is -0.0934. The predicted molar refractivity (Wildman–Crippen MR) is 84.5 cm³/mol. The minimum absolute atomic E-state index is 0.00296. The van der Waals surface area contributed by atoms with Crippen molar-refractivity contribution < 1.29 is 14.6 Å². The molecule has 1 fully saturated rings. The third-order valence-corrected chi connectivity index (χ3v) is 3.88. The third-order valence-electron chi connectivity index (χ3n) is 3.88. The van der Waals surface area contributed by atoms with Crippen molar-refractivity contribution in [2.45, 2.75) is 6.54 Å². The van der Waals surface area contributed by atoms with E-state index in [2.05, 4.69) is 9.80 Å². The smallest absolute Gasteiger partial charge is 0.223 e. The lowest BCUT2D eigenvalue weighted by molar-refractivity contribution is -0.122.